The van der Waals surface area contributed by atoms with E-state index in [1.54, 1.807) is 30.3 Å². The molecule has 25 heavy (non-hydrogen) atoms. The first-order valence-corrected chi connectivity index (χ1v) is 7.87. The zero-order chi connectivity index (χ0) is 17.8. The molecule has 0 saturated carbocycles. The molecule has 1 heterocycles. The molecule has 0 aliphatic rings. The molecule has 0 atom stereocenters. The van der Waals surface area contributed by atoms with E-state index in [0.29, 0.717) is 21.4 Å². The number of nitrogens with one attached hydrogen (secondary N) is 2. The van der Waals surface area contributed by atoms with Gasteiger partial charge >= 0.3 is 0 Å². The molecule has 5 nitrogen and oxygen atoms in total. The number of aromatic nitrogens is 2. The molecular weight excluding hydrogens is 366 g/mol. The van der Waals surface area contributed by atoms with Crippen LogP contribution in [-0.2, 0) is 0 Å². The molecule has 0 radical (unpaired) electrons. The molecule has 0 unspecified atom stereocenters. The third-order valence-corrected chi connectivity index (χ3v) is 3.55. The monoisotopic (exact) mass is 376 g/mol. The molecular formula is C17H11Cl2FN4O. The number of benzene rings is 2. The average molecular weight is 377 g/mol. The summed E-state index contributed by atoms with van der Waals surface area (Å²) in [5, 5.41) is 6.33. The maximum absolute atomic E-state index is 13.2. The van der Waals surface area contributed by atoms with Crippen molar-refractivity contribution in [1.29, 1.82) is 0 Å². The summed E-state index contributed by atoms with van der Waals surface area (Å²) >= 11 is 11.8. The van der Waals surface area contributed by atoms with E-state index in [-0.39, 0.29) is 17.3 Å². The maximum Gasteiger partial charge on any atom is 0.258 e. The molecule has 0 spiro atoms. The zero-order valence-electron chi connectivity index (χ0n) is 12.6. The van der Waals surface area contributed by atoms with Gasteiger partial charge in [-0.05, 0) is 36.4 Å². The number of carbonyl (C=O) groups is 1. The van der Waals surface area contributed by atoms with E-state index in [4.69, 9.17) is 23.2 Å². The van der Waals surface area contributed by atoms with Crippen LogP contribution in [0.1, 0.15) is 10.4 Å². The van der Waals surface area contributed by atoms with Crippen LogP contribution in [0.5, 0.6) is 0 Å². The Morgan fingerprint density at radius 1 is 0.960 bits per heavy atom. The fourth-order valence-corrected chi connectivity index (χ4v) is 2.56. The largest absolute Gasteiger partial charge is 0.324 e. The Labute approximate surface area is 152 Å². The van der Waals surface area contributed by atoms with Crippen molar-refractivity contribution in [2.45, 2.75) is 0 Å². The van der Waals surface area contributed by atoms with Gasteiger partial charge in [0.15, 0.2) is 0 Å². The SMILES string of the molecule is O=C(Nc1cc(Cl)cc(Cl)c1)c1cnc(Nc2cccc(F)c2)nc1. The Morgan fingerprint density at radius 2 is 1.64 bits per heavy atom. The molecule has 1 aromatic heterocycles. The fraction of sp³-hybridized carbons (Fsp3) is 0. The molecule has 0 fully saturated rings. The van der Waals surface area contributed by atoms with Crippen molar-refractivity contribution in [1.82, 2.24) is 9.97 Å². The lowest BCUT2D eigenvalue weighted by Crippen LogP contribution is -2.13. The summed E-state index contributed by atoms with van der Waals surface area (Å²) in [4.78, 5) is 20.3. The Bertz CT molecular complexity index is 899. The highest BCUT2D eigenvalue weighted by atomic mass is 35.5. The van der Waals surface area contributed by atoms with Gasteiger partial charge in [-0.25, -0.2) is 14.4 Å². The van der Waals surface area contributed by atoms with Gasteiger partial charge in [-0.1, -0.05) is 29.3 Å². The van der Waals surface area contributed by atoms with Crippen LogP contribution in [-0.4, -0.2) is 15.9 Å². The van der Waals surface area contributed by atoms with Gasteiger partial charge in [0.25, 0.3) is 5.91 Å². The highest BCUT2D eigenvalue weighted by Crippen LogP contribution is 2.23. The van der Waals surface area contributed by atoms with Crippen molar-refractivity contribution in [3.05, 3.63) is 76.3 Å². The van der Waals surface area contributed by atoms with E-state index in [2.05, 4.69) is 20.6 Å². The van der Waals surface area contributed by atoms with Crippen LogP contribution in [0.4, 0.5) is 21.7 Å². The van der Waals surface area contributed by atoms with Gasteiger partial charge in [0.1, 0.15) is 5.82 Å². The summed E-state index contributed by atoms with van der Waals surface area (Å²) in [5.74, 6) is -0.537. The van der Waals surface area contributed by atoms with Crippen molar-refractivity contribution >= 4 is 46.4 Å². The second-order valence-corrected chi connectivity index (χ2v) is 5.92. The number of amides is 1. The topological polar surface area (TPSA) is 66.9 Å². The molecule has 0 bridgehead atoms. The van der Waals surface area contributed by atoms with Gasteiger partial charge in [-0.2, -0.15) is 0 Å². The molecule has 3 aromatic rings. The van der Waals surface area contributed by atoms with Gasteiger partial charge in [-0.15, -0.1) is 0 Å². The van der Waals surface area contributed by atoms with Crippen LogP contribution in [0.25, 0.3) is 0 Å². The number of hydrogen-bond donors (Lipinski definition) is 2. The Balaban J connectivity index is 1.70. The van der Waals surface area contributed by atoms with Crippen molar-refractivity contribution in [3.63, 3.8) is 0 Å². The van der Waals surface area contributed by atoms with E-state index in [0.717, 1.165) is 0 Å². The number of carbonyl (C=O) groups excluding carboxylic acids is 1. The smallest absolute Gasteiger partial charge is 0.258 e. The van der Waals surface area contributed by atoms with Gasteiger partial charge in [0, 0.05) is 33.8 Å². The number of halogens is 3. The molecule has 2 aromatic carbocycles. The quantitative estimate of drug-likeness (QED) is 0.678. The third kappa shape index (κ3) is 4.65. The number of anilines is 3. The lowest BCUT2D eigenvalue weighted by atomic mass is 10.2. The third-order valence-electron chi connectivity index (χ3n) is 3.12. The Kier molecular flexibility index (Phi) is 5.11. The highest BCUT2D eigenvalue weighted by molar-refractivity contribution is 6.35. The first-order valence-electron chi connectivity index (χ1n) is 7.12. The van der Waals surface area contributed by atoms with E-state index in [9.17, 15) is 9.18 Å². The minimum Gasteiger partial charge on any atom is -0.324 e. The molecule has 1 amide bonds. The predicted octanol–water partition coefficient (Wildman–Crippen LogP) is 4.92. The van der Waals surface area contributed by atoms with Gasteiger partial charge < -0.3 is 10.6 Å². The second kappa shape index (κ2) is 7.46. The van der Waals surface area contributed by atoms with Crippen LogP contribution in [0.2, 0.25) is 10.0 Å². The summed E-state index contributed by atoms with van der Waals surface area (Å²) in [7, 11) is 0. The molecule has 0 aliphatic heterocycles. The van der Waals surface area contributed by atoms with Crippen LogP contribution < -0.4 is 10.6 Å². The fourth-order valence-electron chi connectivity index (χ4n) is 2.03. The molecule has 2 N–H and O–H groups in total. The normalized spacial score (nSPS) is 10.4. The summed E-state index contributed by atoms with van der Waals surface area (Å²) in [5.41, 5.74) is 1.22. The number of rotatable bonds is 4. The first kappa shape index (κ1) is 17.1. The average Bonchev–Trinajstić information content (AvgIpc) is 2.54. The van der Waals surface area contributed by atoms with E-state index >= 15 is 0 Å². The minimum atomic E-state index is -0.407. The van der Waals surface area contributed by atoms with Crippen molar-refractivity contribution < 1.29 is 9.18 Å². The van der Waals surface area contributed by atoms with E-state index < -0.39 is 5.91 Å². The summed E-state index contributed by atoms with van der Waals surface area (Å²) in [6.45, 7) is 0. The van der Waals surface area contributed by atoms with Crippen LogP contribution in [0.3, 0.4) is 0 Å². The van der Waals surface area contributed by atoms with E-state index in [1.165, 1.54) is 24.5 Å². The van der Waals surface area contributed by atoms with Gasteiger partial charge in [0.05, 0.1) is 5.56 Å². The molecule has 126 valence electrons. The molecule has 0 aliphatic carbocycles. The summed E-state index contributed by atoms with van der Waals surface area (Å²) < 4.78 is 13.2. The minimum absolute atomic E-state index is 0.243. The van der Waals surface area contributed by atoms with E-state index in [1.807, 2.05) is 0 Å². The number of hydrogen-bond acceptors (Lipinski definition) is 4. The standard InChI is InChI=1S/C17H11Cl2FN4O/c18-11-4-12(19)6-15(5-11)23-16(25)10-8-21-17(22-9-10)24-14-3-1-2-13(20)7-14/h1-9H,(H,23,25)(H,21,22,24). The lowest BCUT2D eigenvalue weighted by Gasteiger charge is -2.07. The van der Waals surface area contributed by atoms with Crippen LogP contribution in [0, 0.1) is 5.82 Å². The zero-order valence-corrected chi connectivity index (χ0v) is 14.1. The van der Waals surface area contributed by atoms with Crippen LogP contribution in [0.15, 0.2) is 54.9 Å². The highest BCUT2D eigenvalue weighted by Gasteiger charge is 2.09. The maximum atomic E-state index is 13.2. The van der Waals surface area contributed by atoms with Gasteiger partial charge in [-0.3, -0.25) is 4.79 Å². The summed E-state index contributed by atoms with van der Waals surface area (Å²) in [6, 6.07) is 10.6. The lowest BCUT2D eigenvalue weighted by molar-refractivity contribution is 0.102. The van der Waals surface area contributed by atoms with Gasteiger partial charge in [0.2, 0.25) is 5.95 Å². The predicted molar refractivity (Wildman–Crippen MR) is 96.1 cm³/mol. The summed E-state index contributed by atoms with van der Waals surface area (Å²) in [6.07, 6.45) is 2.71. The Hall–Kier alpha value is -2.70. The molecule has 8 heteroatoms. The second-order valence-electron chi connectivity index (χ2n) is 5.04. The van der Waals surface area contributed by atoms with Crippen molar-refractivity contribution in [2.75, 3.05) is 10.6 Å². The van der Waals surface area contributed by atoms with Crippen LogP contribution >= 0.6 is 23.2 Å². The molecule has 0 saturated heterocycles. The number of nitrogens with zero attached hydrogens (tertiary/aromatic N) is 2. The van der Waals surface area contributed by atoms with Crippen molar-refractivity contribution in [2.24, 2.45) is 0 Å². The van der Waals surface area contributed by atoms with Crippen molar-refractivity contribution in [3.8, 4) is 0 Å². The first-order chi connectivity index (χ1) is 12.0. The molecule has 3 rings (SSSR count). The Morgan fingerprint density at radius 3 is 2.28 bits per heavy atom.